The van der Waals surface area contributed by atoms with Gasteiger partial charge in [0.05, 0.1) is 11.4 Å². The lowest BCUT2D eigenvalue weighted by Crippen LogP contribution is -2.33. The molecule has 0 amide bonds. The molecule has 1 aromatic heterocycles. The minimum Gasteiger partial charge on any atom is -0.293 e. The number of hydrogen-bond donors (Lipinski definition) is 0. The van der Waals surface area contributed by atoms with Gasteiger partial charge < -0.3 is 0 Å². The first kappa shape index (κ1) is 13.1. The van der Waals surface area contributed by atoms with Gasteiger partial charge in [-0.2, -0.15) is 5.10 Å². The van der Waals surface area contributed by atoms with Crippen molar-refractivity contribution in [2.75, 3.05) is 11.9 Å². The van der Waals surface area contributed by atoms with E-state index in [0.29, 0.717) is 6.04 Å². The third-order valence-corrected chi connectivity index (χ3v) is 4.57. The van der Waals surface area contributed by atoms with Crippen molar-refractivity contribution >= 4 is 15.9 Å². The number of aryl methyl sites for hydroxylation is 2. The van der Waals surface area contributed by atoms with Crippen molar-refractivity contribution in [3.63, 3.8) is 0 Å². The summed E-state index contributed by atoms with van der Waals surface area (Å²) in [6.45, 7) is 6.76. The van der Waals surface area contributed by atoms with Crippen LogP contribution in [0, 0.1) is 5.92 Å². The van der Waals surface area contributed by atoms with Crippen LogP contribution in [0.5, 0.6) is 0 Å². The van der Waals surface area contributed by atoms with Crippen molar-refractivity contribution in [1.29, 1.82) is 0 Å². The molecule has 3 nitrogen and oxygen atoms in total. The Hall–Kier alpha value is -0.350. The summed E-state index contributed by atoms with van der Waals surface area (Å²) in [7, 11) is 2.05. The summed E-state index contributed by atoms with van der Waals surface area (Å²) in [5.74, 6) is 0.799. The van der Waals surface area contributed by atoms with Gasteiger partial charge in [0.1, 0.15) is 0 Å². The average Bonchev–Trinajstić information content (AvgIpc) is 2.84. The smallest absolute Gasteiger partial charge is 0.0625 e. The zero-order chi connectivity index (χ0) is 12.4. The Labute approximate surface area is 112 Å². The third-order valence-electron chi connectivity index (χ3n) is 3.91. The first-order valence-corrected chi connectivity index (χ1v) is 7.59. The molecule has 2 rings (SSSR count). The first-order chi connectivity index (χ1) is 8.15. The van der Waals surface area contributed by atoms with Gasteiger partial charge in [-0.25, -0.2) is 0 Å². The van der Waals surface area contributed by atoms with E-state index >= 15 is 0 Å². The zero-order valence-corrected chi connectivity index (χ0v) is 12.6. The van der Waals surface area contributed by atoms with Crippen molar-refractivity contribution in [2.45, 2.75) is 39.3 Å². The van der Waals surface area contributed by atoms with Crippen LogP contribution in [-0.2, 0) is 20.0 Å². The number of hydrogen-bond acceptors (Lipinski definition) is 2. The Morgan fingerprint density at radius 1 is 1.53 bits per heavy atom. The Morgan fingerprint density at radius 2 is 2.29 bits per heavy atom. The van der Waals surface area contributed by atoms with E-state index in [1.54, 1.807) is 0 Å². The van der Waals surface area contributed by atoms with E-state index in [9.17, 15) is 0 Å². The van der Waals surface area contributed by atoms with Crippen molar-refractivity contribution in [1.82, 2.24) is 14.7 Å². The molecule has 96 valence electrons. The molecule has 0 bridgehead atoms. The lowest BCUT2D eigenvalue weighted by atomic mass is 10.1. The van der Waals surface area contributed by atoms with E-state index in [0.717, 1.165) is 24.2 Å². The number of nitrogens with zero attached hydrogens (tertiary/aromatic N) is 3. The summed E-state index contributed by atoms with van der Waals surface area (Å²) in [5, 5.41) is 5.60. The molecule has 1 aliphatic heterocycles. The minimum atomic E-state index is 0.676. The molecule has 2 heterocycles. The van der Waals surface area contributed by atoms with Crippen LogP contribution in [0.4, 0.5) is 0 Å². The normalized spacial score (nSPS) is 25.6. The van der Waals surface area contributed by atoms with Gasteiger partial charge >= 0.3 is 0 Å². The predicted octanol–water partition coefficient (Wildman–Crippen LogP) is 2.59. The highest BCUT2D eigenvalue weighted by atomic mass is 79.9. The molecule has 2 atom stereocenters. The van der Waals surface area contributed by atoms with Gasteiger partial charge in [0.2, 0.25) is 0 Å². The number of halogens is 1. The van der Waals surface area contributed by atoms with Crippen LogP contribution in [0.25, 0.3) is 0 Å². The lowest BCUT2D eigenvalue weighted by Gasteiger charge is -2.24. The molecule has 4 heteroatoms. The van der Waals surface area contributed by atoms with E-state index in [1.165, 1.54) is 24.4 Å². The summed E-state index contributed by atoms with van der Waals surface area (Å²) in [5.41, 5.74) is 2.53. The first-order valence-electron chi connectivity index (χ1n) is 6.47. The molecular formula is C13H22BrN3. The molecule has 1 fully saturated rings. The molecule has 1 aliphatic rings. The SMILES string of the molecule is CCc1cc(CN2CCC(C)C2CBr)n(C)n1. The molecule has 0 saturated carbocycles. The molecule has 17 heavy (non-hydrogen) atoms. The van der Waals surface area contributed by atoms with Crippen LogP contribution in [0.15, 0.2) is 6.07 Å². The average molecular weight is 300 g/mol. The number of aromatic nitrogens is 2. The second-order valence-electron chi connectivity index (χ2n) is 5.06. The highest BCUT2D eigenvalue weighted by molar-refractivity contribution is 9.09. The predicted molar refractivity (Wildman–Crippen MR) is 74.4 cm³/mol. The summed E-state index contributed by atoms with van der Waals surface area (Å²) in [6, 6.07) is 2.92. The van der Waals surface area contributed by atoms with Crippen molar-refractivity contribution in [3.05, 3.63) is 17.5 Å². The number of alkyl halides is 1. The molecule has 0 radical (unpaired) electrons. The van der Waals surface area contributed by atoms with E-state index in [4.69, 9.17) is 0 Å². The molecule has 1 saturated heterocycles. The zero-order valence-electron chi connectivity index (χ0n) is 11.0. The summed E-state index contributed by atoms with van der Waals surface area (Å²) < 4.78 is 2.03. The van der Waals surface area contributed by atoms with E-state index in [-0.39, 0.29) is 0 Å². The maximum Gasteiger partial charge on any atom is 0.0625 e. The Bertz CT molecular complexity index is 375. The lowest BCUT2D eigenvalue weighted by molar-refractivity contribution is 0.238. The van der Waals surface area contributed by atoms with Gasteiger partial charge in [0.25, 0.3) is 0 Å². The molecule has 0 aliphatic carbocycles. The van der Waals surface area contributed by atoms with Gasteiger partial charge in [-0.05, 0) is 31.4 Å². The topological polar surface area (TPSA) is 21.1 Å². The monoisotopic (exact) mass is 299 g/mol. The Kier molecular flexibility index (Phi) is 4.26. The van der Waals surface area contributed by atoms with Crippen LogP contribution in [0.3, 0.4) is 0 Å². The number of likely N-dealkylation sites (tertiary alicyclic amines) is 1. The van der Waals surface area contributed by atoms with Gasteiger partial charge in [0.15, 0.2) is 0 Å². The fraction of sp³-hybridized carbons (Fsp3) is 0.769. The molecule has 0 spiro atoms. The quantitative estimate of drug-likeness (QED) is 0.797. The van der Waals surface area contributed by atoms with E-state index < -0.39 is 0 Å². The number of rotatable bonds is 4. The summed E-state index contributed by atoms with van der Waals surface area (Å²) >= 11 is 3.64. The van der Waals surface area contributed by atoms with Crippen LogP contribution < -0.4 is 0 Å². The van der Waals surface area contributed by atoms with Crippen molar-refractivity contribution in [2.24, 2.45) is 13.0 Å². The third kappa shape index (κ3) is 2.74. The summed E-state index contributed by atoms with van der Waals surface area (Å²) in [4.78, 5) is 2.58. The van der Waals surface area contributed by atoms with E-state index in [2.05, 4.69) is 52.9 Å². The maximum atomic E-state index is 4.52. The molecular weight excluding hydrogens is 278 g/mol. The van der Waals surface area contributed by atoms with Crippen LogP contribution in [0.1, 0.15) is 31.7 Å². The Morgan fingerprint density at radius 3 is 2.88 bits per heavy atom. The Balaban J connectivity index is 2.07. The molecule has 0 aromatic carbocycles. The van der Waals surface area contributed by atoms with E-state index in [1.807, 2.05) is 4.68 Å². The van der Waals surface area contributed by atoms with Gasteiger partial charge in [-0.15, -0.1) is 0 Å². The molecule has 0 N–H and O–H groups in total. The van der Waals surface area contributed by atoms with Gasteiger partial charge in [-0.1, -0.05) is 29.8 Å². The standard InChI is InChI=1S/C13H22BrN3/c1-4-11-7-12(16(3)15-11)9-17-6-5-10(2)13(17)8-14/h7,10,13H,4-6,8-9H2,1-3H3. The van der Waals surface area contributed by atoms with Crippen LogP contribution >= 0.6 is 15.9 Å². The van der Waals surface area contributed by atoms with Gasteiger partial charge in [0, 0.05) is 25.0 Å². The highest BCUT2D eigenvalue weighted by Gasteiger charge is 2.30. The second-order valence-corrected chi connectivity index (χ2v) is 5.71. The maximum absolute atomic E-state index is 4.52. The van der Waals surface area contributed by atoms with Crippen LogP contribution in [0.2, 0.25) is 0 Å². The fourth-order valence-electron chi connectivity index (χ4n) is 2.63. The fourth-order valence-corrected chi connectivity index (χ4v) is 3.68. The van der Waals surface area contributed by atoms with Crippen molar-refractivity contribution in [3.8, 4) is 0 Å². The highest BCUT2D eigenvalue weighted by Crippen LogP contribution is 2.26. The largest absolute Gasteiger partial charge is 0.293 e. The minimum absolute atomic E-state index is 0.676. The van der Waals surface area contributed by atoms with Crippen LogP contribution in [-0.4, -0.2) is 32.6 Å². The summed E-state index contributed by atoms with van der Waals surface area (Å²) in [6.07, 6.45) is 2.33. The van der Waals surface area contributed by atoms with Gasteiger partial charge in [-0.3, -0.25) is 9.58 Å². The molecule has 2 unspecified atom stereocenters. The molecule has 1 aromatic rings. The second kappa shape index (κ2) is 5.53. The van der Waals surface area contributed by atoms with Crippen molar-refractivity contribution < 1.29 is 0 Å².